The molecule has 1 aromatic rings. The fourth-order valence-electron chi connectivity index (χ4n) is 3.14. The Labute approximate surface area is 166 Å². The topological polar surface area (TPSA) is 189 Å². The molecule has 29 heavy (non-hydrogen) atoms. The Morgan fingerprint density at radius 2 is 1.90 bits per heavy atom. The molecule has 1 aliphatic heterocycles. The standard InChI is InChI=1S/C17H25N5O7/c1-9(23)12-3-2-8-22(12)17(28)19-11(5-7-14(26)27)16-20-15(21-29-16)10(18)4-6-13(24)25/h10-12H,2-8,18H2,1H3,(H,19,28)(H,24,25)(H,26,27)/t10-,11-,12?/m0/s1. The molecule has 1 fully saturated rings. The van der Waals surface area contributed by atoms with Crippen molar-refractivity contribution in [1.82, 2.24) is 20.4 Å². The van der Waals surface area contributed by atoms with Crippen molar-refractivity contribution in [2.75, 3.05) is 6.54 Å². The summed E-state index contributed by atoms with van der Waals surface area (Å²) in [6.07, 6.45) is 0.919. The van der Waals surface area contributed by atoms with Crippen LogP contribution in [0.1, 0.15) is 69.2 Å². The van der Waals surface area contributed by atoms with Crippen LogP contribution < -0.4 is 11.1 Å². The summed E-state index contributed by atoms with van der Waals surface area (Å²) in [5.74, 6) is -2.16. The summed E-state index contributed by atoms with van der Waals surface area (Å²) in [6, 6.07) is -2.70. The molecule has 1 unspecified atom stereocenters. The van der Waals surface area contributed by atoms with Gasteiger partial charge in [-0.05, 0) is 32.6 Å². The van der Waals surface area contributed by atoms with Crippen LogP contribution >= 0.6 is 0 Å². The fraction of sp³-hybridized carbons (Fsp3) is 0.647. The summed E-state index contributed by atoms with van der Waals surface area (Å²) in [7, 11) is 0. The zero-order valence-electron chi connectivity index (χ0n) is 16.0. The number of carbonyl (C=O) groups excluding carboxylic acids is 2. The molecule has 0 spiro atoms. The Morgan fingerprint density at radius 1 is 1.24 bits per heavy atom. The second-order valence-electron chi connectivity index (χ2n) is 6.93. The van der Waals surface area contributed by atoms with Crippen molar-refractivity contribution in [1.29, 1.82) is 0 Å². The van der Waals surface area contributed by atoms with Gasteiger partial charge in [0, 0.05) is 19.4 Å². The van der Waals surface area contributed by atoms with Crippen molar-refractivity contribution < 1.29 is 33.9 Å². The highest BCUT2D eigenvalue weighted by Gasteiger charge is 2.34. The highest BCUT2D eigenvalue weighted by atomic mass is 16.5. The minimum Gasteiger partial charge on any atom is -0.481 e. The van der Waals surface area contributed by atoms with Crippen LogP contribution in [0.4, 0.5) is 4.79 Å². The summed E-state index contributed by atoms with van der Waals surface area (Å²) in [6.45, 7) is 1.83. The molecule has 0 aliphatic carbocycles. The number of carbonyl (C=O) groups is 4. The molecule has 2 rings (SSSR count). The first kappa shape index (κ1) is 22.3. The number of nitrogens with two attached hydrogens (primary N) is 1. The maximum absolute atomic E-state index is 12.6. The van der Waals surface area contributed by atoms with Crippen LogP contribution in [0.25, 0.3) is 0 Å². The van der Waals surface area contributed by atoms with Crippen LogP contribution in [0, 0.1) is 0 Å². The van der Waals surface area contributed by atoms with E-state index in [1.807, 2.05) is 0 Å². The molecule has 0 aromatic carbocycles. The molecule has 3 atom stereocenters. The van der Waals surface area contributed by atoms with Crippen LogP contribution in [-0.4, -0.2) is 61.6 Å². The summed E-state index contributed by atoms with van der Waals surface area (Å²) < 4.78 is 5.14. The van der Waals surface area contributed by atoms with Gasteiger partial charge in [0.05, 0.1) is 12.1 Å². The van der Waals surface area contributed by atoms with Crippen molar-refractivity contribution in [3.63, 3.8) is 0 Å². The second kappa shape index (κ2) is 9.96. The molecule has 0 bridgehead atoms. The van der Waals surface area contributed by atoms with Gasteiger partial charge in [0.2, 0.25) is 5.89 Å². The SMILES string of the molecule is CC(=O)C1CCCN1C(=O)N[C@@H](CCC(=O)O)c1nc([C@@H](N)CCC(=O)O)no1. The van der Waals surface area contributed by atoms with Crippen LogP contribution in [0.3, 0.4) is 0 Å². The molecule has 1 aromatic heterocycles. The molecule has 0 saturated carbocycles. The van der Waals surface area contributed by atoms with Crippen LogP contribution in [0.15, 0.2) is 4.52 Å². The predicted molar refractivity (Wildman–Crippen MR) is 96.6 cm³/mol. The third kappa shape index (κ3) is 6.24. The largest absolute Gasteiger partial charge is 0.481 e. The third-order valence-electron chi connectivity index (χ3n) is 4.68. The van der Waals surface area contributed by atoms with E-state index in [2.05, 4.69) is 15.5 Å². The first-order valence-corrected chi connectivity index (χ1v) is 9.29. The number of hydrogen-bond donors (Lipinski definition) is 4. The van der Waals surface area contributed by atoms with Crippen molar-refractivity contribution >= 4 is 23.8 Å². The molecule has 1 saturated heterocycles. The van der Waals surface area contributed by atoms with Crippen LogP contribution in [0.5, 0.6) is 0 Å². The zero-order chi connectivity index (χ0) is 21.6. The zero-order valence-corrected chi connectivity index (χ0v) is 16.0. The van der Waals surface area contributed by atoms with Crippen LogP contribution in [0.2, 0.25) is 0 Å². The highest BCUT2D eigenvalue weighted by Crippen LogP contribution is 2.23. The maximum Gasteiger partial charge on any atom is 0.318 e. The van der Waals surface area contributed by atoms with Gasteiger partial charge in [0.25, 0.3) is 0 Å². The molecule has 5 N–H and O–H groups in total. The van der Waals surface area contributed by atoms with E-state index < -0.39 is 36.1 Å². The number of rotatable bonds is 10. The Morgan fingerprint density at radius 3 is 2.52 bits per heavy atom. The maximum atomic E-state index is 12.6. The normalized spacial score (nSPS) is 18.3. The smallest absolute Gasteiger partial charge is 0.318 e. The summed E-state index contributed by atoms with van der Waals surface area (Å²) in [5.41, 5.74) is 5.86. The quantitative estimate of drug-likeness (QED) is 0.424. The second-order valence-corrected chi connectivity index (χ2v) is 6.93. The van der Waals surface area contributed by atoms with Crippen molar-refractivity contribution in [3.05, 3.63) is 11.7 Å². The molecule has 0 radical (unpaired) electrons. The molecule has 160 valence electrons. The summed E-state index contributed by atoms with van der Waals surface area (Å²) in [5, 5.41) is 24.1. The Balaban J connectivity index is 2.11. The molecular formula is C17H25N5O7. The number of aliphatic carboxylic acids is 2. The molecule has 12 nitrogen and oxygen atoms in total. The van der Waals surface area contributed by atoms with E-state index in [0.29, 0.717) is 19.4 Å². The fourth-order valence-corrected chi connectivity index (χ4v) is 3.14. The lowest BCUT2D eigenvalue weighted by atomic mass is 10.1. The third-order valence-corrected chi connectivity index (χ3v) is 4.68. The van der Waals surface area contributed by atoms with Gasteiger partial charge in [-0.3, -0.25) is 14.4 Å². The van der Waals surface area contributed by atoms with Crippen molar-refractivity contribution in [3.8, 4) is 0 Å². The van der Waals surface area contributed by atoms with E-state index in [0.717, 1.165) is 0 Å². The number of ketones is 1. The van der Waals surface area contributed by atoms with Gasteiger partial charge in [-0.25, -0.2) is 4.79 Å². The summed E-state index contributed by atoms with van der Waals surface area (Å²) >= 11 is 0. The number of nitrogens with one attached hydrogen (secondary N) is 1. The van der Waals surface area contributed by atoms with E-state index in [9.17, 15) is 19.2 Å². The van der Waals surface area contributed by atoms with E-state index in [1.165, 1.54) is 11.8 Å². The van der Waals surface area contributed by atoms with E-state index in [-0.39, 0.29) is 43.2 Å². The van der Waals surface area contributed by atoms with Gasteiger partial charge in [-0.2, -0.15) is 4.98 Å². The van der Waals surface area contributed by atoms with Crippen molar-refractivity contribution in [2.45, 2.75) is 63.6 Å². The number of carboxylic acids is 2. The van der Waals surface area contributed by atoms with Crippen molar-refractivity contribution in [2.24, 2.45) is 5.73 Å². The van der Waals surface area contributed by atoms with Crippen LogP contribution in [-0.2, 0) is 14.4 Å². The minimum atomic E-state index is -1.06. The van der Waals surface area contributed by atoms with Gasteiger partial charge < -0.3 is 30.7 Å². The van der Waals surface area contributed by atoms with E-state index in [4.69, 9.17) is 20.5 Å². The van der Waals surface area contributed by atoms with Gasteiger partial charge >= 0.3 is 18.0 Å². The number of hydrogen-bond acceptors (Lipinski definition) is 8. The summed E-state index contributed by atoms with van der Waals surface area (Å²) in [4.78, 5) is 51.5. The first-order valence-electron chi connectivity index (χ1n) is 9.29. The van der Waals surface area contributed by atoms with E-state index >= 15 is 0 Å². The molecule has 2 amide bonds. The molecular weight excluding hydrogens is 386 g/mol. The molecule has 2 heterocycles. The van der Waals surface area contributed by atoms with Gasteiger partial charge in [-0.1, -0.05) is 5.16 Å². The van der Waals surface area contributed by atoms with E-state index in [1.54, 1.807) is 0 Å². The lowest BCUT2D eigenvalue weighted by Crippen LogP contribution is -2.46. The number of aromatic nitrogens is 2. The lowest BCUT2D eigenvalue weighted by Gasteiger charge is -2.25. The monoisotopic (exact) mass is 411 g/mol. The molecule has 12 heteroatoms. The highest BCUT2D eigenvalue weighted by molar-refractivity contribution is 5.87. The van der Waals surface area contributed by atoms with Gasteiger partial charge in [0.1, 0.15) is 6.04 Å². The molecule has 1 aliphatic rings. The number of likely N-dealkylation sites (tertiary alicyclic amines) is 1. The predicted octanol–water partition coefficient (Wildman–Crippen LogP) is 0.603. The number of amides is 2. The first-order chi connectivity index (χ1) is 13.7. The minimum absolute atomic E-state index is 0.00828. The Hall–Kier alpha value is -3.02. The average molecular weight is 411 g/mol. The Bertz CT molecular complexity index is 765. The number of urea groups is 1. The number of carboxylic acid groups (broad SMARTS) is 2. The number of nitrogens with zero attached hydrogens (tertiary/aromatic N) is 3. The van der Waals surface area contributed by atoms with Gasteiger partial charge in [-0.15, -0.1) is 0 Å². The van der Waals surface area contributed by atoms with Gasteiger partial charge in [0.15, 0.2) is 11.6 Å². The average Bonchev–Trinajstić information content (AvgIpc) is 3.32. The number of Topliss-reactive ketones (excluding diaryl/α,β-unsaturated/α-hetero) is 1. The Kier molecular flexibility index (Phi) is 7.65. The lowest BCUT2D eigenvalue weighted by molar-refractivity contribution is -0.138.